The summed E-state index contributed by atoms with van der Waals surface area (Å²) < 4.78 is 44.7. The maximum atomic E-state index is 13.0. The Kier molecular flexibility index (Phi) is 4.96. The van der Waals surface area contributed by atoms with Crippen LogP contribution in [0, 0.1) is 5.41 Å². The van der Waals surface area contributed by atoms with E-state index in [0.717, 1.165) is 17.3 Å². The first-order valence-corrected chi connectivity index (χ1v) is 9.60. The number of hydrogen-bond donors (Lipinski definition) is 0. The van der Waals surface area contributed by atoms with E-state index in [1.54, 1.807) is 21.5 Å². The van der Waals surface area contributed by atoms with Crippen LogP contribution >= 0.6 is 11.3 Å². The van der Waals surface area contributed by atoms with Crippen molar-refractivity contribution in [3.63, 3.8) is 0 Å². The largest absolute Gasteiger partial charge is 0.433 e. The van der Waals surface area contributed by atoms with Gasteiger partial charge in [-0.15, -0.1) is 11.3 Å². The van der Waals surface area contributed by atoms with E-state index < -0.39 is 17.3 Å². The number of halogens is 3. The van der Waals surface area contributed by atoms with E-state index in [-0.39, 0.29) is 11.7 Å². The molecule has 0 N–H and O–H groups in total. The van der Waals surface area contributed by atoms with Gasteiger partial charge in [-0.2, -0.15) is 13.2 Å². The van der Waals surface area contributed by atoms with Crippen LogP contribution in [0.15, 0.2) is 24.1 Å². The number of rotatable bonds is 3. The minimum absolute atomic E-state index is 0.0116. The second-order valence-corrected chi connectivity index (χ2v) is 8.10. The fourth-order valence-electron chi connectivity index (χ4n) is 3.70. The predicted octanol–water partition coefficient (Wildman–Crippen LogP) is 2.21. The van der Waals surface area contributed by atoms with Crippen molar-refractivity contribution in [2.75, 3.05) is 37.7 Å². The summed E-state index contributed by atoms with van der Waals surface area (Å²) in [5, 5.41) is 0. The van der Waals surface area contributed by atoms with Gasteiger partial charge in [0.2, 0.25) is 5.91 Å². The summed E-state index contributed by atoms with van der Waals surface area (Å²) in [6.07, 6.45) is -1.59. The molecule has 28 heavy (non-hydrogen) atoms. The van der Waals surface area contributed by atoms with E-state index in [1.807, 2.05) is 0 Å². The van der Waals surface area contributed by atoms with E-state index in [4.69, 9.17) is 4.74 Å². The molecule has 7 nitrogen and oxygen atoms in total. The lowest BCUT2D eigenvalue weighted by Gasteiger charge is -2.32. The number of aromatic nitrogens is 3. The van der Waals surface area contributed by atoms with E-state index in [9.17, 15) is 18.0 Å². The first-order valence-electron chi connectivity index (χ1n) is 8.72. The van der Waals surface area contributed by atoms with Crippen LogP contribution < -0.4 is 4.90 Å². The summed E-state index contributed by atoms with van der Waals surface area (Å²) in [5.41, 5.74) is 0.253. The van der Waals surface area contributed by atoms with Gasteiger partial charge in [-0.05, 0) is 0 Å². The first kappa shape index (κ1) is 19.1. The topological polar surface area (TPSA) is 71.5 Å². The molecule has 2 aromatic rings. The Labute approximate surface area is 163 Å². The molecule has 0 aromatic carbocycles. The fraction of sp³-hybridized carbons (Fsp3) is 0.529. The minimum Gasteiger partial charge on any atom is -0.379 e. The number of hydrogen-bond acceptors (Lipinski definition) is 7. The molecule has 1 amide bonds. The molecule has 11 heteroatoms. The van der Waals surface area contributed by atoms with Crippen molar-refractivity contribution >= 4 is 23.1 Å². The predicted molar refractivity (Wildman–Crippen MR) is 94.6 cm³/mol. The molecule has 0 aliphatic carbocycles. The van der Waals surface area contributed by atoms with Gasteiger partial charge in [-0.25, -0.2) is 9.97 Å². The third-order valence-corrected chi connectivity index (χ3v) is 5.71. The number of thiazole rings is 1. The third-order valence-electron chi connectivity index (χ3n) is 4.94. The van der Waals surface area contributed by atoms with Crippen LogP contribution in [0.5, 0.6) is 0 Å². The van der Waals surface area contributed by atoms with Gasteiger partial charge in [0.25, 0.3) is 0 Å². The second-order valence-electron chi connectivity index (χ2n) is 7.13. The molecule has 2 fully saturated rings. The molecular formula is C17H18F3N5O2S. The molecule has 0 saturated carbocycles. The Morgan fingerprint density at radius 1 is 1.29 bits per heavy atom. The monoisotopic (exact) mass is 413 g/mol. The molecule has 0 unspecified atom stereocenters. The van der Waals surface area contributed by atoms with Crippen molar-refractivity contribution in [3.05, 3.63) is 34.7 Å². The number of ether oxygens (including phenoxy) is 1. The first-order chi connectivity index (χ1) is 13.3. The fourth-order valence-corrected chi connectivity index (χ4v) is 4.31. The van der Waals surface area contributed by atoms with Gasteiger partial charge in [-0.1, -0.05) is 0 Å². The molecule has 0 bridgehead atoms. The van der Waals surface area contributed by atoms with Crippen LogP contribution in [0.4, 0.5) is 19.0 Å². The van der Waals surface area contributed by atoms with Crippen LogP contribution in [0.2, 0.25) is 0 Å². The molecule has 1 atom stereocenters. The molecule has 4 rings (SSSR count). The lowest BCUT2D eigenvalue weighted by Crippen LogP contribution is -2.41. The van der Waals surface area contributed by atoms with Gasteiger partial charge in [0.1, 0.15) is 17.8 Å². The Morgan fingerprint density at radius 2 is 2.14 bits per heavy atom. The number of carbonyl (C=O) groups excluding carboxylic acids is 1. The number of likely N-dealkylation sites (tertiary alicyclic amines) is 1. The smallest absolute Gasteiger partial charge is 0.379 e. The zero-order valence-electron chi connectivity index (χ0n) is 14.9. The highest BCUT2D eigenvalue weighted by molar-refractivity contribution is 7.09. The maximum Gasteiger partial charge on any atom is 0.433 e. The molecule has 1 spiro atoms. The van der Waals surface area contributed by atoms with Crippen LogP contribution in [-0.2, 0) is 22.3 Å². The zero-order valence-corrected chi connectivity index (χ0v) is 15.7. The zero-order chi connectivity index (χ0) is 19.8. The molecule has 2 saturated heterocycles. The van der Waals surface area contributed by atoms with Crippen molar-refractivity contribution in [1.29, 1.82) is 0 Å². The minimum atomic E-state index is -4.54. The molecule has 2 aliphatic heterocycles. The quantitative estimate of drug-likeness (QED) is 0.769. The average Bonchev–Trinajstić information content (AvgIpc) is 3.20. The number of carbonyl (C=O) groups is 1. The lowest BCUT2D eigenvalue weighted by atomic mass is 9.87. The van der Waals surface area contributed by atoms with E-state index in [0.29, 0.717) is 45.8 Å². The second kappa shape index (κ2) is 7.28. The molecule has 2 aromatic heterocycles. The van der Waals surface area contributed by atoms with E-state index >= 15 is 0 Å². The Balaban J connectivity index is 1.54. The average molecular weight is 413 g/mol. The third kappa shape index (κ3) is 3.95. The van der Waals surface area contributed by atoms with Crippen molar-refractivity contribution < 1.29 is 22.7 Å². The van der Waals surface area contributed by atoms with Crippen LogP contribution in [0.1, 0.15) is 17.0 Å². The standard InChI is InChI=1S/C17H18F3N5O2S/c18-17(19,20)13-3-14(23-10-22-13)24-1-2-27-9-16(7-24)4-15(26)25(8-16)6-12-5-21-11-28-12/h3,5,10-11H,1-2,4,6-9H2/t16-/m1/s1. The Hall–Kier alpha value is -2.27. The van der Waals surface area contributed by atoms with Crippen LogP contribution in [0.25, 0.3) is 0 Å². The number of alkyl halides is 3. The number of amides is 1. The number of nitrogens with zero attached hydrogens (tertiary/aromatic N) is 5. The van der Waals surface area contributed by atoms with E-state index in [2.05, 4.69) is 15.0 Å². The van der Waals surface area contributed by atoms with Crippen molar-refractivity contribution in [1.82, 2.24) is 19.9 Å². The van der Waals surface area contributed by atoms with Gasteiger partial charge in [0, 0.05) is 48.6 Å². The highest BCUT2D eigenvalue weighted by Crippen LogP contribution is 2.37. The summed E-state index contributed by atoms with van der Waals surface area (Å²) in [6.45, 7) is 2.50. The number of anilines is 1. The van der Waals surface area contributed by atoms with Crippen molar-refractivity contribution in [3.8, 4) is 0 Å². The van der Waals surface area contributed by atoms with Gasteiger partial charge >= 0.3 is 6.18 Å². The summed E-state index contributed by atoms with van der Waals surface area (Å²) in [5.74, 6) is 0.207. The summed E-state index contributed by atoms with van der Waals surface area (Å²) in [6, 6.07) is 0.949. The van der Waals surface area contributed by atoms with Gasteiger partial charge in [0.05, 0.1) is 25.3 Å². The molecule has 0 radical (unpaired) electrons. The van der Waals surface area contributed by atoms with Gasteiger partial charge in [0.15, 0.2) is 0 Å². The SMILES string of the molecule is O=C1C[C@]2(COCCN(c3cc(C(F)(F)F)ncn3)C2)CN1Cc1cncs1. The maximum absolute atomic E-state index is 13.0. The lowest BCUT2D eigenvalue weighted by molar-refractivity contribution is -0.141. The van der Waals surface area contributed by atoms with Crippen LogP contribution in [-0.4, -0.2) is 58.6 Å². The highest BCUT2D eigenvalue weighted by atomic mass is 32.1. The van der Waals surface area contributed by atoms with Crippen LogP contribution in [0.3, 0.4) is 0 Å². The summed E-state index contributed by atoms with van der Waals surface area (Å²) >= 11 is 1.48. The molecule has 2 aliphatic rings. The highest BCUT2D eigenvalue weighted by Gasteiger charge is 2.46. The molecular weight excluding hydrogens is 395 g/mol. The normalized spacial score (nSPS) is 23.5. The van der Waals surface area contributed by atoms with Gasteiger partial charge in [-0.3, -0.25) is 9.78 Å². The Morgan fingerprint density at radius 3 is 2.89 bits per heavy atom. The van der Waals surface area contributed by atoms with Crippen molar-refractivity contribution in [2.24, 2.45) is 5.41 Å². The summed E-state index contributed by atoms with van der Waals surface area (Å²) in [4.78, 5) is 28.5. The van der Waals surface area contributed by atoms with Gasteiger partial charge < -0.3 is 14.5 Å². The Bertz CT molecular complexity index is 848. The summed E-state index contributed by atoms with van der Waals surface area (Å²) in [7, 11) is 0. The van der Waals surface area contributed by atoms with E-state index in [1.165, 1.54) is 11.3 Å². The van der Waals surface area contributed by atoms with Crippen molar-refractivity contribution in [2.45, 2.75) is 19.1 Å². The molecule has 4 heterocycles. The molecule has 150 valence electrons.